The van der Waals surface area contributed by atoms with Gasteiger partial charge < -0.3 is 5.32 Å². The molecule has 0 radical (unpaired) electrons. The number of amides is 1. The second kappa shape index (κ2) is 5.71. The van der Waals surface area contributed by atoms with E-state index in [0.29, 0.717) is 15.7 Å². The molecule has 15 heavy (non-hydrogen) atoms. The number of halogens is 2. The molecule has 0 fully saturated rings. The van der Waals surface area contributed by atoms with Crippen LogP contribution in [0.1, 0.15) is 12.8 Å². The van der Waals surface area contributed by atoms with Crippen molar-refractivity contribution in [2.45, 2.75) is 12.8 Å². The Bertz CT molecular complexity index is 412. The van der Waals surface area contributed by atoms with Gasteiger partial charge in [-0.2, -0.15) is 0 Å². The summed E-state index contributed by atoms with van der Waals surface area (Å²) in [5.41, 5.74) is 0.610. The number of anilines is 1. The fourth-order valence-electron chi connectivity index (χ4n) is 0.989. The number of hydrogen-bond donors (Lipinski definition) is 1. The summed E-state index contributed by atoms with van der Waals surface area (Å²) in [4.78, 5) is 11.3. The van der Waals surface area contributed by atoms with Gasteiger partial charge in [0, 0.05) is 16.4 Å². The molecule has 0 aliphatic heterocycles. The Morgan fingerprint density at radius 3 is 2.93 bits per heavy atom. The van der Waals surface area contributed by atoms with E-state index in [0.717, 1.165) is 0 Å². The maximum Gasteiger partial charge on any atom is 0.225 e. The highest BCUT2D eigenvalue weighted by molar-refractivity contribution is 14.1. The fourth-order valence-corrected chi connectivity index (χ4v) is 1.60. The summed E-state index contributed by atoms with van der Waals surface area (Å²) in [6.45, 7) is 0. The Hall–Kier alpha value is -1.09. The van der Waals surface area contributed by atoms with Crippen LogP contribution in [-0.4, -0.2) is 5.91 Å². The van der Waals surface area contributed by atoms with Crippen molar-refractivity contribution in [3.8, 4) is 12.3 Å². The largest absolute Gasteiger partial charge is 0.325 e. The minimum atomic E-state index is -0.318. The number of terminal acetylenes is 1. The monoisotopic (exact) mass is 317 g/mol. The molecular formula is C11H9FINO. The summed E-state index contributed by atoms with van der Waals surface area (Å²) in [5, 5.41) is 2.66. The van der Waals surface area contributed by atoms with Crippen molar-refractivity contribution in [3.05, 3.63) is 27.6 Å². The summed E-state index contributed by atoms with van der Waals surface area (Å²) in [6.07, 6.45) is 5.73. The SMILES string of the molecule is C#CCCC(=O)Nc1ccc(F)cc1I. The fraction of sp³-hybridized carbons (Fsp3) is 0.182. The molecule has 78 valence electrons. The van der Waals surface area contributed by atoms with Crippen LogP contribution in [0.5, 0.6) is 0 Å². The summed E-state index contributed by atoms with van der Waals surface area (Å²) in [5.74, 6) is 1.91. The Morgan fingerprint density at radius 1 is 1.60 bits per heavy atom. The third-order valence-corrected chi connectivity index (χ3v) is 2.59. The van der Waals surface area contributed by atoms with Crippen LogP contribution in [0.4, 0.5) is 10.1 Å². The van der Waals surface area contributed by atoms with Crippen molar-refractivity contribution < 1.29 is 9.18 Å². The number of carbonyl (C=O) groups excluding carboxylic acids is 1. The molecule has 0 spiro atoms. The van der Waals surface area contributed by atoms with Crippen LogP contribution in [0.15, 0.2) is 18.2 Å². The first-order valence-corrected chi connectivity index (χ1v) is 5.39. The first-order valence-electron chi connectivity index (χ1n) is 4.32. The number of carbonyl (C=O) groups is 1. The molecule has 0 aromatic heterocycles. The highest BCUT2D eigenvalue weighted by Crippen LogP contribution is 2.19. The van der Waals surface area contributed by atoms with Crippen LogP contribution in [0.3, 0.4) is 0 Å². The van der Waals surface area contributed by atoms with E-state index in [-0.39, 0.29) is 18.1 Å². The van der Waals surface area contributed by atoms with Crippen molar-refractivity contribution in [3.63, 3.8) is 0 Å². The van der Waals surface area contributed by atoms with Crippen molar-refractivity contribution in [1.82, 2.24) is 0 Å². The summed E-state index contributed by atoms with van der Waals surface area (Å²) in [6, 6.07) is 4.20. The summed E-state index contributed by atoms with van der Waals surface area (Å²) < 4.78 is 13.4. The molecule has 0 atom stereocenters. The van der Waals surface area contributed by atoms with Crippen LogP contribution < -0.4 is 5.32 Å². The van der Waals surface area contributed by atoms with E-state index in [9.17, 15) is 9.18 Å². The van der Waals surface area contributed by atoms with Crippen molar-refractivity contribution in [2.24, 2.45) is 0 Å². The molecule has 2 nitrogen and oxygen atoms in total. The zero-order valence-corrected chi connectivity index (χ0v) is 10.0. The maximum absolute atomic E-state index is 12.7. The third-order valence-electron chi connectivity index (χ3n) is 1.70. The van der Waals surface area contributed by atoms with E-state index in [2.05, 4.69) is 11.2 Å². The highest BCUT2D eigenvalue weighted by atomic mass is 127. The van der Waals surface area contributed by atoms with Gasteiger partial charge in [0.05, 0.1) is 5.69 Å². The molecule has 0 aliphatic rings. The molecule has 1 aromatic rings. The molecule has 1 N–H and O–H groups in total. The average molecular weight is 317 g/mol. The van der Waals surface area contributed by atoms with Gasteiger partial charge in [0.1, 0.15) is 5.82 Å². The van der Waals surface area contributed by atoms with E-state index in [1.54, 1.807) is 0 Å². The maximum atomic E-state index is 12.7. The minimum absolute atomic E-state index is 0.155. The summed E-state index contributed by atoms with van der Waals surface area (Å²) >= 11 is 1.96. The van der Waals surface area contributed by atoms with Crippen molar-refractivity contribution in [2.75, 3.05) is 5.32 Å². The Kier molecular flexibility index (Phi) is 4.56. The zero-order valence-electron chi connectivity index (χ0n) is 7.89. The Labute approximate surface area is 101 Å². The molecule has 0 saturated heterocycles. The lowest BCUT2D eigenvalue weighted by Gasteiger charge is -2.06. The lowest BCUT2D eigenvalue weighted by Crippen LogP contribution is -2.11. The molecule has 0 unspecified atom stereocenters. The van der Waals surface area contributed by atoms with Crippen LogP contribution >= 0.6 is 22.6 Å². The Morgan fingerprint density at radius 2 is 2.33 bits per heavy atom. The number of nitrogens with one attached hydrogen (secondary N) is 1. The van der Waals surface area contributed by atoms with Crippen molar-refractivity contribution in [1.29, 1.82) is 0 Å². The van der Waals surface area contributed by atoms with Crippen LogP contribution in [0, 0.1) is 21.7 Å². The van der Waals surface area contributed by atoms with Gasteiger partial charge in [0.25, 0.3) is 0 Å². The van der Waals surface area contributed by atoms with Gasteiger partial charge >= 0.3 is 0 Å². The summed E-state index contributed by atoms with van der Waals surface area (Å²) in [7, 11) is 0. The van der Waals surface area contributed by atoms with Crippen LogP contribution in [0.25, 0.3) is 0 Å². The van der Waals surface area contributed by atoms with E-state index in [1.807, 2.05) is 22.6 Å². The van der Waals surface area contributed by atoms with Gasteiger partial charge in [0.15, 0.2) is 0 Å². The third kappa shape index (κ3) is 3.88. The first kappa shape index (κ1) is 12.0. The van der Waals surface area contributed by atoms with Gasteiger partial charge in [-0.15, -0.1) is 12.3 Å². The van der Waals surface area contributed by atoms with Gasteiger partial charge in [-0.1, -0.05) is 0 Å². The molecule has 0 heterocycles. The standard InChI is InChI=1S/C11H9FINO/c1-2-3-4-11(15)14-10-6-5-8(12)7-9(10)13/h1,5-7H,3-4H2,(H,14,15). The average Bonchev–Trinajstić information content (AvgIpc) is 2.19. The minimum Gasteiger partial charge on any atom is -0.325 e. The number of benzene rings is 1. The molecule has 0 saturated carbocycles. The zero-order chi connectivity index (χ0) is 11.3. The smallest absolute Gasteiger partial charge is 0.225 e. The number of hydrogen-bond acceptors (Lipinski definition) is 1. The Balaban J connectivity index is 2.65. The lowest BCUT2D eigenvalue weighted by molar-refractivity contribution is -0.116. The quantitative estimate of drug-likeness (QED) is 0.674. The predicted molar refractivity (Wildman–Crippen MR) is 65.8 cm³/mol. The number of rotatable bonds is 3. The molecule has 1 aromatic carbocycles. The second-order valence-corrected chi connectivity index (χ2v) is 4.04. The highest BCUT2D eigenvalue weighted by Gasteiger charge is 2.05. The van der Waals surface area contributed by atoms with Crippen LogP contribution in [0.2, 0.25) is 0 Å². The molecule has 4 heteroatoms. The first-order chi connectivity index (χ1) is 7.13. The molecule has 0 aliphatic carbocycles. The molecule has 0 bridgehead atoms. The van der Waals surface area contributed by atoms with E-state index in [1.165, 1.54) is 18.2 Å². The topological polar surface area (TPSA) is 29.1 Å². The van der Waals surface area contributed by atoms with Gasteiger partial charge in [-0.25, -0.2) is 4.39 Å². The molecular weight excluding hydrogens is 308 g/mol. The van der Waals surface area contributed by atoms with Gasteiger partial charge in [-0.05, 0) is 40.8 Å². The van der Waals surface area contributed by atoms with Gasteiger partial charge in [-0.3, -0.25) is 4.79 Å². The van der Waals surface area contributed by atoms with Gasteiger partial charge in [0.2, 0.25) is 5.91 Å². The van der Waals surface area contributed by atoms with E-state index >= 15 is 0 Å². The van der Waals surface area contributed by atoms with E-state index < -0.39 is 0 Å². The van der Waals surface area contributed by atoms with Crippen molar-refractivity contribution >= 4 is 34.2 Å². The predicted octanol–water partition coefficient (Wildman–Crippen LogP) is 2.78. The second-order valence-electron chi connectivity index (χ2n) is 2.88. The van der Waals surface area contributed by atoms with Crippen LogP contribution in [-0.2, 0) is 4.79 Å². The lowest BCUT2D eigenvalue weighted by atomic mass is 10.2. The molecule has 1 rings (SSSR count). The molecule has 1 amide bonds. The van der Waals surface area contributed by atoms with E-state index in [4.69, 9.17) is 6.42 Å². The normalized spacial score (nSPS) is 9.40.